The van der Waals surface area contributed by atoms with Crippen LogP contribution in [-0.4, -0.2) is 11.7 Å². The molecule has 5 heteroatoms. The highest BCUT2D eigenvalue weighted by molar-refractivity contribution is 9.10. The predicted octanol–water partition coefficient (Wildman–Crippen LogP) is 3.54. The van der Waals surface area contributed by atoms with Gasteiger partial charge in [-0.05, 0) is 39.3 Å². The van der Waals surface area contributed by atoms with Crippen molar-refractivity contribution in [1.82, 2.24) is 10.9 Å². The van der Waals surface area contributed by atoms with Crippen LogP contribution in [0.15, 0.2) is 28.7 Å². The average Bonchev–Trinajstić information content (AvgIpc) is 2.24. The topological polar surface area (TPSA) is 50.4 Å². The quantitative estimate of drug-likeness (QED) is 0.839. The van der Waals surface area contributed by atoms with E-state index in [1.54, 1.807) is 0 Å². The summed E-state index contributed by atoms with van der Waals surface area (Å²) in [5, 5.41) is 0. The fourth-order valence-corrected chi connectivity index (χ4v) is 2.00. The lowest BCUT2D eigenvalue weighted by Gasteiger charge is -2.21. The third-order valence-corrected chi connectivity index (χ3v) is 2.88. The number of carbonyl (C=O) groups is 1. The van der Waals surface area contributed by atoms with Crippen LogP contribution in [0.25, 0.3) is 0 Å². The summed E-state index contributed by atoms with van der Waals surface area (Å²) in [5.74, 6) is 0. The highest BCUT2D eigenvalue weighted by Gasteiger charge is 2.16. The maximum absolute atomic E-state index is 11.5. The Labute approximate surface area is 116 Å². The fourth-order valence-electron chi connectivity index (χ4n) is 1.37. The molecule has 0 bridgehead atoms. The second-order valence-corrected chi connectivity index (χ2v) is 5.87. The van der Waals surface area contributed by atoms with Crippen LogP contribution in [0.1, 0.15) is 39.3 Å². The van der Waals surface area contributed by atoms with E-state index in [4.69, 9.17) is 4.74 Å². The summed E-state index contributed by atoms with van der Waals surface area (Å²) < 4.78 is 6.13. The zero-order valence-electron chi connectivity index (χ0n) is 11.1. The predicted molar refractivity (Wildman–Crippen MR) is 75.1 cm³/mol. The number of hydrogen-bond acceptors (Lipinski definition) is 3. The number of ether oxygens (including phenoxy) is 1. The van der Waals surface area contributed by atoms with E-state index in [0.717, 1.165) is 10.0 Å². The van der Waals surface area contributed by atoms with Gasteiger partial charge in [0.25, 0.3) is 0 Å². The zero-order valence-corrected chi connectivity index (χ0v) is 12.7. The molecule has 0 saturated heterocycles. The van der Waals surface area contributed by atoms with Gasteiger partial charge < -0.3 is 4.74 Å². The van der Waals surface area contributed by atoms with E-state index in [1.807, 2.05) is 52.0 Å². The Bertz CT molecular complexity index is 416. The molecule has 0 aromatic heterocycles. The lowest BCUT2D eigenvalue weighted by molar-refractivity contribution is 0.0489. The van der Waals surface area contributed by atoms with E-state index in [-0.39, 0.29) is 6.04 Å². The molecule has 1 aromatic carbocycles. The first-order valence-corrected chi connectivity index (χ1v) is 6.58. The monoisotopic (exact) mass is 314 g/mol. The van der Waals surface area contributed by atoms with Gasteiger partial charge in [0.1, 0.15) is 5.60 Å². The summed E-state index contributed by atoms with van der Waals surface area (Å²) in [4.78, 5) is 11.5. The molecule has 0 aliphatic heterocycles. The first-order chi connectivity index (χ1) is 8.29. The van der Waals surface area contributed by atoms with Crippen LogP contribution in [0.2, 0.25) is 0 Å². The largest absolute Gasteiger partial charge is 0.443 e. The van der Waals surface area contributed by atoms with Gasteiger partial charge >= 0.3 is 6.09 Å². The van der Waals surface area contributed by atoms with Crippen molar-refractivity contribution >= 4 is 22.0 Å². The summed E-state index contributed by atoms with van der Waals surface area (Å²) in [7, 11) is 0. The van der Waals surface area contributed by atoms with Crippen LogP contribution in [-0.2, 0) is 4.74 Å². The van der Waals surface area contributed by atoms with Crippen LogP contribution >= 0.6 is 15.9 Å². The maximum Gasteiger partial charge on any atom is 0.422 e. The van der Waals surface area contributed by atoms with E-state index < -0.39 is 11.7 Å². The molecule has 0 heterocycles. The number of amides is 1. The molecule has 2 N–H and O–H groups in total. The average molecular weight is 315 g/mol. The molecule has 1 aromatic rings. The number of benzene rings is 1. The number of rotatable bonds is 3. The molecule has 0 spiro atoms. The third-order valence-electron chi connectivity index (χ3n) is 2.16. The standard InChI is InChI=1S/C13H19BrN2O2/c1-9(10-7-5-6-8-11(10)14)15-16-12(17)18-13(2,3)4/h5-9,15H,1-4H3,(H,16,17). The van der Waals surface area contributed by atoms with Gasteiger partial charge in [0.15, 0.2) is 0 Å². The Hall–Kier alpha value is -1.07. The zero-order chi connectivity index (χ0) is 13.8. The molecular weight excluding hydrogens is 296 g/mol. The smallest absolute Gasteiger partial charge is 0.422 e. The van der Waals surface area contributed by atoms with Crippen molar-refractivity contribution in [2.45, 2.75) is 39.3 Å². The first-order valence-electron chi connectivity index (χ1n) is 5.78. The van der Waals surface area contributed by atoms with E-state index in [2.05, 4.69) is 26.8 Å². The lowest BCUT2D eigenvalue weighted by atomic mass is 10.1. The minimum Gasteiger partial charge on any atom is -0.443 e. The summed E-state index contributed by atoms with van der Waals surface area (Å²) in [6.07, 6.45) is -0.485. The third kappa shape index (κ3) is 5.06. The minimum absolute atomic E-state index is 0.0203. The Morgan fingerprint density at radius 1 is 1.33 bits per heavy atom. The minimum atomic E-state index is -0.498. The van der Waals surface area contributed by atoms with E-state index in [0.29, 0.717) is 0 Å². The molecule has 100 valence electrons. The molecule has 1 amide bonds. The maximum atomic E-state index is 11.5. The van der Waals surface area contributed by atoms with Crippen LogP contribution in [0.4, 0.5) is 4.79 Å². The Balaban J connectivity index is 2.49. The van der Waals surface area contributed by atoms with Crippen LogP contribution in [0, 0.1) is 0 Å². The van der Waals surface area contributed by atoms with Gasteiger partial charge in [-0.3, -0.25) is 5.43 Å². The number of halogens is 1. The molecule has 0 saturated carbocycles. The van der Waals surface area contributed by atoms with Gasteiger partial charge in [0, 0.05) is 10.5 Å². The van der Waals surface area contributed by atoms with E-state index in [9.17, 15) is 4.79 Å². The first kappa shape index (κ1) is 15.0. The SMILES string of the molecule is CC(NNC(=O)OC(C)(C)C)c1ccccc1Br. The molecule has 0 aliphatic rings. The van der Waals surface area contributed by atoms with Crippen molar-refractivity contribution in [3.05, 3.63) is 34.3 Å². The molecule has 0 radical (unpaired) electrons. The van der Waals surface area contributed by atoms with Gasteiger partial charge in [-0.1, -0.05) is 34.1 Å². The van der Waals surface area contributed by atoms with Gasteiger partial charge in [0.2, 0.25) is 0 Å². The lowest BCUT2D eigenvalue weighted by Crippen LogP contribution is -2.42. The molecule has 1 rings (SSSR count). The summed E-state index contributed by atoms with van der Waals surface area (Å²) >= 11 is 3.47. The highest BCUT2D eigenvalue weighted by Crippen LogP contribution is 2.22. The number of hydrazine groups is 1. The fraction of sp³-hybridized carbons (Fsp3) is 0.462. The van der Waals surface area contributed by atoms with Gasteiger partial charge in [-0.2, -0.15) is 0 Å². The summed E-state index contributed by atoms with van der Waals surface area (Å²) in [6, 6.07) is 7.82. The Kier molecular flexibility index (Phi) is 5.16. The van der Waals surface area contributed by atoms with Crippen molar-refractivity contribution in [3.63, 3.8) is 0 Å². The molecule has 18 heavy (non-hydrogen) atoms. The second kappa shape index (κ2) is 6.20. The Morgan fingerprint density at radius 3 is 2.50 bits per heavy atom. The van der Waals surface area contributed by atoms with E-state index >= 15 is 0 Å². The molecule has 4 nitrogen and oxygen atoms in total. The Morgan fingerprint density at radius 2 is 1.94 bits per heavy atom. The number of hydrogen-bond donors (Lipinski definition) is 2. The van der Waals surface area contributed by atoms with Crippen molar-refractivity contribution < 1.29 is 9.53 Å². The second-order valence-electron chi connectivity index (χ2n) is 5.01. The van der Waals surface area contributed by atoms with Gasteiger partial charge in [-0.15, -0.1) is 0 Å². The molecule has 0 fully saturated rings. The molecule has 1 atom stereocenters. The summed E-state index contributed by atoms with van der Waals surface area (Å²) in [5.41, 5.74) is 6.01. The van der Waals surface area contributed by atoms with Crippen molar-refractivity contribution in [2.24, 2.45) is 0 Å². The number of carbonyl (C=O) groups excluding carboxylic acids is 1. The van der Waals surface area contributed by atoms with Crippen LogP contribution in [0.3, 0.4) is 0 Å². The van der Waals surface area contributed by atoms with E-state index in [1.165, 1.54) is 0 Å². The summed E-state index contributed by atoms with van der Waals surface area (Å²) in [6.45, 7) is 7.43. The van der Waals surface area contributed by atoms with Crippen LogP contribution in [0.5, 0.6) is 0 Å². The van der Waals surface area contributed by atoms with Crippen molar-refractivity contribution in [3.8, 4) is 0 Å². The van der Waals surface area contributed by atoms with Gasteiger partial charge in [0.05, 0.1) is 0 Å². The van der Waals surface area contributed by atoms with Gasteiger partial charge in [-0.25, -0.2) is 10.2 Å². The molecule has 1 unspecified atom stereocenters. The van der Waals surface area contributed by atoms with Crippen molar-refractivity contribution in [1.29, 1.82) is 0 Å². The molecular formula is C13H19BrN2O2. The van der Waals surface area contributed by atoms with Crippen LogP contribution < -0.4 is 10.9 Å². The highest BCUT2D eigenvalue weighted by atomic mass is 79.9. The number of nitrogens with one attached hydrogen (secondary N) is 2. The normalized spacial score (nSPS) is 12.9. The van der Waals surface area contributed by atoms with Crippen molar-refractivity contribution in [2.75, 3.05) is 0 Å². The molecule has 0 aliphatic carbocycles.